The molecular formula is C20H27O7PS. The molecule has 0 saturated heterocycles. The molecule has 160 valence electrons. The van der Waals surface area contributed by atoms with Gasteiger partial charge in [0.1, 0.15) is 0 Å². The summed E-state index contributed by atoms with van der Waals surface area (Å²) in [5.41, 5.74) is 1.03. The Labute approximate surface area is 174 Å². The van der Waals surface area contributed by atoms with Gasteiger partial charge in [-0.3, -0.25) is 4.55 Å². The van der Waals surface area contributed by atoms with Crippen molar-refractivity contribution in [1.82, 2.24) is 0 Å². The van der Waals surface area contributed by atoms with Gasteiger partial charge in [-0.05, 0) is 44.5 Å². The summed E-state index contributed by atoms with van der Waals surface area (Å²) in [5.74, 6) is -1.02. The molecule has 0 spiro atoms. The third kappa shape index (κ3) is 9.17. The Morgan fingerprint density at radius 2 is 1.24 bits per heavy atom. The highest BCUT2D eigenvalue weighted by molar-refractivity contribution is 7.85. The first-order valence-corrected chi connectivity index (χ1v) is 11.4. The summed E-state index contributed by atoms with van der Waals surface area (Å²) in [6.07, 6.45) is 0. The number of carbonyl (C=O) groups excluding carboxylic acids is 2. The van der Waals surface area contributed by atoms with E-state index in [2.05, 4.69) is 9.24 Å². The molecule has 0 bridgehead atoms. The van der Waals surface area contributed by atoms with E-state index in [1.165, 1.54) is 6.07 Å². The molecule has 0 aromatic heterocycles. The standard InChI is InChI=1S/C12H14O4.C7H8O3S.CH5P/c1-3-15-11(13)9-7-5-6-8-10(9)12(14)16-4-2;1-6-4-2-3-5-7(6)11(8,9)10;1-2/h5-8H,3-4H2,1-2H3;2-5H,1H3,(H,8,9,10);2H2,1H3. The molecule has 29 heavy (non-hydrogen) atoms. The maximum Gasteiger partial charge on any atom is 0.338 e. The Kier molecular flexibility index (Phi) is 12.7. The second-order valence-corrected chi connectivity index (χ2v) is 6.62. The van der Waals surface area contributed by atoms with Crippen LogP contribution in [0.15, 0.2) is 53.4 Å². The van der Waals surface area contributed by atoms with E-state index in [0.29, 0.717) is 5.56 Å². The van der Waals surface area contributed by atoms with E-state index in [1.807, 2.05) is 6.66 Å². The molecule has 0 radical (unpaired) electrons. The van der Waals surface area contributed by atoms with Crippen LogP contribution in [0, 0.1) is 6.92 Å². The van der Waals surface area contributed by atoms with E-state index in [1.54, 1.807) is 63.2 Å². The van der Waals surface area contributed by atoms with E-state index in [9.17, 15) is 18.0 Å². The van der Waals surface area contributed by atoms with Crippen LogP contribution >= 0.6 is 9.24 Å². The Balaban J connectivity index is 0.000000526. The Bertz CT molecular complexity index is 858. The van der Waals surface area contributed by atoms with Crippen LogP contribution in [0.4, 0.5) is 0 Å². The fraction of sp³-hybridized carbons (Fsp3) is 0.300. The van der Waals surface area contributed by atoms with Crippen molar-refractivity contribution in [1.29, 1.82) is 0 Å². The van der Waals surface area contributed by atoms with Gasteiger partial charge < -0.3 is 9.47 Å². The molecule has 0 aliphatic carbocycles. The molecule has 2 rings (SSSR count). The van der Waals surface area contributed by atoms with Gasteiger partial charge in [0, 0.05) is 0 Å². The normalized spacial score (nSPS) is 9.86. The minimum atomic E-state index is -4.03. The quantitative estimate of drug-likeness (QED) is 0.427. The van der Waals surface area contributed by atoms with Gasteiger partial charge in [0.2, 0.25) is 0 Å². The molecule has 2 aromatic carbocycles. The second kappa shape index (κ2) is 13.8. The molecule has 0 aliphatic heterocycles. The summed E-state index contributed by atoms with van der Waals surface area (Å²) < 4.78 is 39.6. The van der Waals surface area contributed by atoms with E-state index in [4.69, 9.17) is 14.0 Å². The smallest absolute Gasteiger partial charge is 0.338 e. The number of hydrogen-bond acceptors (Lipinski definition) is 6. The van der Waals surface area contributed by atoms with Gasteiger partial charge in [-0.1, -0.05) is 37.0 Å². The predicted octanol–water partition coefficient (Wildman–Crippen LogP) is 3.77. The number of rotatable bonds is 5. The number of benzene rings is 2. The second-order valence-electron chi connectivity index (χ2n) is 5.23. The van der Waals surface area contributed by atoms with E-state index >= 15 is 0 Å². The van der Waals surface area contributed by atoms with Crippen LogP contribution in [-0.2, 0) is 19.6 Å². The first-order valence-electron chi connectivity index (χ1n) is 8.76. The van der Waals surface area contributed by atoms with Crippen LogP contribution in [0.25, 0.3) is 0 Å². The van der Waals surface area contributed by atoms with Crippen molar-refractivity contribution in [3.8, 4) is 0 Å². The van der Waals surface area contributed by atoms with Crippen molar-refractivity contribution >= 4 is 31.3 Å². The lowest BCUT2D eigenvalue weighted by molar-refractivity contribution is 0.0479. The van der Waals surface area contributed by atoms with Crippen molar-refractivity contribution < 1.29 is 32.0 Å². The van der Waals surface area contributed by atoms with Gasteiger partial charge in [-0.2, -0.15) is 8.42 Å². The SMILES string of the molecule is CCOC(=O)c1ccccc1C(=O)OCC.CP.Cc1ccccc1S(=O)(=O)O. The van der Waals surface area contributed by atoms with Gasteiger partial charge in [0.25, 0.3) is 10.1 Å². The molecule has 0 aliphatic rings. The van der Waals surface area contributed by atoms with Gasteiger partial charge >= 0.3 is 11.9 Å². The van der Waals surface area contributed by atoms with Gasteiger partial charge in [-0.15, -0.1) is 9.24 Å². The van der Waals surface area contributed by atoms with Crippen LogP contribution in [0.3, 0.4) is 0 Å². The first kappa shape index (κ1) is 26.7. The largest absolute Gasteiger partial charge is 0.462 e. The lowest BCUT2D eigenvalue weighted by Gasteiger charge is -2.07. The van der Waals surface area contributed by atoms with Crippen LogP contribution in [0.2, 0.25) is 0 Å². The zero-order valence-electron chi connectivity index (χ0n) is 16.9. The van der Waals surface area contributed by atoms with Crippen LogP contribution in [-0.4, -0.2) is 44.8 Å². The lowest BCUT2D eigenvalue weighted by Crippen LogP contribution is -2.13. The zero-order chi connectivity index (χ0) is 22.4. The predicted molar refractivity (Wildman–Crippen MR) is 115 cm³/mol. The van der Waals surface area contributed by atoms with Crippen molar-refractivity contribution in [3.63, 3.8) is 0 Å². The fourth-order valence-corrected chi connectivity index (χ4v) is 2.83. The van der Waals surface area contributed by atoms with E-state index in [-0.39, 0.29) is 29.2 Å². The van der Waals surface area contributed by atoms with Gasteiger partial charge in [0.05, 0.1) is 29.2 Å². The van der Waals surface area contributed by atoms with E-state index < -0.39 is 22.1 Å². The average molecular weight is 442 g/mol. The van der Waals surface area contributed by atoms with E-state index in [0.717, 1.165) is 0 Å². The van der Waals surface area contributed by atoms with Crippen molar-refractivity contribution in [3.05, 3.63) is 65.2 Å². The first-order chi connectivity index (χ1) is 13.7. The summed E-state index contributed by atoms with van der Waals surface area (Å²) in [4.78, 5) is 23.1. The summed E-state index contributed by atoms with van der Waals surface area (Å²) in [6.45, 7) is 7.52. The Morgan fingerprint density at radius 3 is 1.55 bits per heavy atom. The molecular weight excluding hydrogens is 415 g/mol. The highest BCUT2D eigenvalue weighted by Crippen LogP contribution is 2.13. The third-order valence-corrected chi connectivity index (χ3v) is 4.30. The summed E-state index contributed by atoms with van der Waals surface area (Å²) in [7, 11) is -1.62. The number of ether oxygens (including phenoxy) is 2. The molecule has 0 heterocycles. The number of aryl methyl sites for hydroxylation is 1. The number of hydrogen-bond donors (Lipinski definition) is 1. The minimum absolute atomic E-state index is 0.0278. The van der Waals surface area contributed by atoms with Gasteiger partial charge in [0.15, 0.2) is 0 Å². The molecule has 1 atom stereocenters. The lowest BCUT2D eigenvalue weighted by atomic mass is 10.1. The minimum Gasteiger partial charge on any atom is -0.462 e. The van der Waals surface area contributed by atoms with Crippen molar-refractivity contribution in [2.24, 2.45) is 0 Å². The molecule has 0 amide bonds. The topological polar surface area (TPSA) is 107 Å². The fourth-order valence-electron chi connectivity index (χ4n) is 2.10. The van der Waals surface area contributed by atoms with Crippen LogP contribution in [0.1, 0.15) is 40.1 Å². The van der Waals surface area contributed by atoms with Crippen molar-refractivity contribution in [2.45, 2.75) is 25.7 Å². The van der Waals surface area contributed by atoms with Crippen LogP contribution in [0.5, 0.6) is 0 Å². The number of carbonyl (C=O) groups is 2. The average Bonchev–Trinajstić information content (AvgIpc) is 2.70. The molecule has 1 unspecified atom stereocenters. The monoisotopic (exact) mass is 442 g/mol. The zero-order valence-corrected chi connectivity index (χ0v) is 18.9. The van der Waals surface area contributed by atoms with Crippen LogP contribution < -0.4 is 0 Å². The molecule has 7 nitrogen and oxygen atoms in total. The molecule has 0 fully saturated rings. The maximum absolute atomic E-state index is 11.5. The highest BCUT2D eigenvalue weighted by Gasteiger charge is 2.17. The molecule has 0 saturated carbocycles. The summed E-state index contributed by atoms with van der Waals surface area (Å²) in [6, 6.07) is 12.7. The Hall–Kier alpha value is -2.28. The highest BCUT2D eigenvalue weighted by atomic mass is 32.2. The molecule has 1 N–H and O–H groups in total. The van der Waals surface area contributed by atoms with Crippen molar-refractivity contribution in [2.75, 3.05) is 19.9 Å². The summed E-state index contributed by atoms with van der Waals surface area (Å²) >= 11 is 0. The Morgan fingerprint density at radius 1 is 0.862 bits per heavy atom. The molecule has 9 heteroatoms. The maximum atomic E-state index is 11.5. The summed E-state index contributed by atoms with van der Waals surface area (Å²) in [5, 5.41) is 0. The third-order valence-electron chi connectivity index (χ3n) is 3.29. The molecule has 2 aromatic rings. The van der Waals surface area contributed by atoms with Gasteiger partial charge in [-0.25, -0.2) is 9.59 Å². The number of esters is 2.